The molecule has 1 saturated heterocycles. The average Bonchev–Trinajstić information content (AvgIpc) is 2.71. The van der Waals surface area contributed by atoms with E-state index >= 15 is 0 Å². The molecule has 1 heterocycles. The fraction of sp³-hybridized carbons (Fsp3) is 0.100. The van der Waals surface area contributed by atoms with Crippen LogP contribution in [0.3, 0.4) is 0 Å². The summed E-state index contributed by atoms with van der Waals surface area (Å²) in [5, 5.41) is 13.7. The zero-order valence-corrected chi connectivity index (χ0v) is 16.3. The van der Waals surface area contributed by atoms with E-state index in [1.165, 1.54) is 24.3 Å². The maximum atomic E-state index is 12.9. The van der Waals surface area contributed by atoms with Crippen LogP contribution in [0.5, 0.6) is 11.5 Å². The van der Waals surface area contributed by atoms with Gasteiger partial charge in [-0.25, -0.2) is 9.69 Å². The molecule has 11 heteroatoms. The molecular weight excluding hydrogens is 410 g/mol. The van der Waals surface area contributed by atoms with Gasteiger partial charge in [-0.15, -0.1) is 0 Å². The predicted octanol–water partition coefficient (Wildman–Crippen LogP) is 2.20. The maximum Gasteiger partial charge on any atom is 0.335 e. The summed E-state index contributed by atoms with van der Waals surface area (Å²) in [5.74, 6) is -3.27. The molecule has 0 aromatic heterocycles. The summed E-state index contributed by atoms with van der Waals surface area (Å²) >= 11 is 0. The van der Waals surface area contributed by atoms with Crippen LogP contribution in [0.1, 0.15) is 12.5 Å². The molecule has 0 radical (unpaired) electrons. The highest BCUT2D eigenvalue weighted by molar-refractivity contribution is 6.39. The number of hydrogen-bond donors (Lipinski definition) is 1. The summed E-state index contributed by atoms with van der Waals surface area (Å²) in [5.41, 5.74) is -1.09. The molecule has 0 aliphatic carbocycles. The van der Waals surface area contributed by atoms with E-state index in [2.05, 4.69) is 0 Å². The predicted molar refractivity (Wildman–Crippen MR) is 106 cm³/mol. The SMILES string of the molecule is COc1c(OC(C)=O)ccc(C=C2C(=O)NC(=O)N(c3ccccc3)C2=O)c1[N+](=O)[O-]. The van der Waals surface area contributed by atoms with Gasteiger partial charge in [-0.05, 0) is 30.3 Å². The standard InChI is InChI=1S/C20H15N3O8/c1-11(24)31-15-9-8-12(16(23(28)29)17(15)30-2)10-14-18(25)21-20(27)22(19(14)26)13-6-4-3-5-7-13/h3-10H,1-2H3,(H,21,25,27). The summed E-state index contributed by atoms with van der Waals surface area (Å²) in [4.78, 5) is 60.3. The van der Waals surface area contributed by atoms with E-state index in [1.807, 2.05) is 5.32 Å². The van der Waals surface area contributed by atoms with Crippen LogP contribution in [-0.4, -0.2) is 35.8 Å². The van der Waals surface area contributed by atoms with E-state index in [9.17, 15) is 29.3 Å². The number of barbiturate groups is 1. The number of imide groups is 2. The van der Waals surface area contributed by atoms with E-state index in [4.69, 9.17) is 9.47 Å². The number of carbonyl (C=O) groups excluding carboxylic acids is 4. The van der Waals surface area contributed by atoms with E-state index in [0.717, 1.165) is 25.0 Å². The lowest BCUT2D eigenvalue weighted by Crippen LogP contribution is -2.54. The molecule has 0 unspecified atom stereocenters. The minimum Gasteiger partial charge on any atom is -0.488 e. The number of esters is 1. The molecule has 2 aromatic rings. The van der Waals surface area contributed by atoms with E-state index in [-0.39, 0.29) is 22.7 Å². The molecule has 1 N–H and O–H groups in total. The Bertz CT molecular complexity index is 1140. The van der Waals surface area contributed by atoms with Crippen molar-refractivity contribution in [1.29, 1.82) is 0 Å². The van der Waals surface area contributed by atoms with Gasteiger partial charge < -0.3 is 9.47 Å². The van der Waals surface area contributed by atoms with Gasteiger partial charge in [0.15, 0.2) is 5.75 Å². The third-order valence-electron chi connectivity index (χ3n) is 4.18. The monoisotopic (exact) mass is 425 g/mol. The Labute approximate surface area is 175 Å². The second-order valence-electron chi connectivity index (χ2n) is 6.18. The first-order valence-electron chi connectivity index (χ1n) is 8.75. The zero-order valence-electron chi connectivity index (χ0n) is 16.3. The van der Waals surface area contributed by atoms with E-state index in [1.54, 1.807) is 18.2 Å². The second-order valence-corrected chi connectivity index (χ2v) is 6.18. The molecule has 0 spiro atoms. The Hall–Kier alpha value is -4.54. The third kappa shape index (κ3) is 4.10. The first-order valence-corrected chi connectivity index (χ1v) is 8.75. The summed E-state index contributed by atoms with van der Waals surface area (Å²) in [6.07, 6.45) is 0.970. The molecule has 0 atom stereocenters. The minimum atomic E-state index is -1.01. The smallest absolute Gasteiger partial charge is 0.335 e. The Morgan fingerprint density at radius 3 is 2.39 bits per heavy atom. The number of rotatable bonds is 5. The maximum absolute atomic E-state index is 12.9. The Kier molecular flexibility index (Phi) is 5.77. The molecule has 1 aliphatic heterocycles. The van der Waals surface area contributed by atoms with Crippen LogP contribution < -0.4 is 19.7 Å². The van der Waals surface area contributed by atoms with Gasteiger partial charge in [0.25, 0.3) is 11.8 Å². The number of urea groups is 1. The third-order valence-corrected chi connectivity index (χ3v) is 4.18. The Balaban J connectivity index is 2.14. The molecule has 158 valence electrons. The van der Waals surface area contributed by atoms with Crippen molar-refractivity contribution in [3.05, 3.63) is 63.7 Å². The number of amides is 4. The summed E-state index contributed by atoms with van der Waals surface area (Å²) in [6.45, 7) is 1.11. The number of methoxy groups -OCH3 is 1. The number of benzene rings is 2. The molecule has 0 saturated carbocycles. The van der Waals surface area contributed by atoms with E-state index in [0.29, 0.717) is 0 Å². The molecular formula is C20H15N3O8. The number of nitro benzene ring substituents is 1. The topological polar surface area (TPSA) is 145 Å². The van der Waals surface area contributed by atoms with E-state index < -0.39 is 40.0 Å². The van der Waals surface area contributed by atoms with Gasteiger partial charge in [0.1, 0.15) is 5.57 Å². The number of para-hydroxylation sites is 1. The molecule has 11 nitrogen and oxygen atoms in total. The van der Waals surface area contributed by atoms with Gasteiger partial charge in [0.2, 0.25) is 5.75 Å². The highest BCUT2D eigenvalue weighted by atomic mass is 16.6. The number of hydrogen-bond acceptors (Lipinski definition) is 8. The number of anilines is 1. The summed E-state index contributed by atoms with van der Waals surface area (Å²) in [6, 6.07) is 9.32. The Morgan fingerprint density at radius 2 is 1.81 bits per heavy atom. The minimum absolute atomic E-state index is 0.168. The van der Waals surface area contributed by atoms with Crippen LogP contribution >= 0.6 is 0 Å². The molecule has 3 rings (SSSR count). The van der Waals surface area contributed by atoms with Gasteiger partial charge in [-0.1, -0.05) is 18.2 Å². The van der Waals surface area contributed by atoms with Crippen LogP contribution in [0.2, 0.25) is 0 Å². The van der Waals surface area contributed by atoms with Crippen molar-refractivity contribution in [3.8, 4) is 11.5 Å². The second kappa shape index (κ2) is 8.45. The Morgan fingerprint density at radius 1 is 1.13 bits per heavy atom. The normalized spacial score (nSPS) is 15.0. The molecule has 4 amide bonds. The van der Waals surface area contributed by atoms with Crippen molar-refractivity contribution in [1.82, 2.24) is 5.32 Å². The number of ether oxygens (including phenoxy) is 2. The van der Waals surface area contributed by atoms with Gasteiger partial charge in [-0.3, -0.25) is 29.8 Å². The number of nitro groups is 1. The summed E-state index contributed by atoms with van der Waals surface area (Å²) < 4.78 is 9.95. The van der Waals surface area contributed by atoms with Crippen molar-refractivity contribution in [2.75, 3.05) is 12.0 Å². The van der Waals surface area contributed by atoms with Crippen molar-refractivity contribution < 1.29 is 33.6 Å². The van der Waals surface area contributed by atoms with Crippen LogP contribution in [-0.2, 0) is 14.4 Å². The molecule has 0 bridgehead atoms. The van der Waals surface area contributed by atoms with Gasteiger partial charge in [0, 0.05) is 6.92 Å². The quantitative estimate of drug-likeness (QED) is 0.192. The van der Waals surface area contributed by atoms with Crippen LogP contribution in [0.4, 0.5) is 16.2 Å². The highest BCUT2D eigenvalue weighted by Crippen LogP contribution is 2.40. The van der Waals surface area contributed by atoms with Crippen molar-refractivity contribution in [3.63, 3.8) is 0 Å². The molecule has 31 heavy (non-hydrogen) atoms. The van der Waals surface area contributed by atoms with Gasteiger partial charge in [0.05, 0.1) is 23.3 Å². The summed E-state index contributed by atoms with van der Waals surface area (Å²) in [7, 11) is 1.14. The fourth-order valence-electron chi connectivity index (χ4n) is 2.93. The number of carbonyl (C=O) groups is 4. The molecule has 1 aliphatic rings. The van der Waals surface area contributed by atoms with Crippen LogP contribution in [0, 0.1) is 10.1 Å². The molecule has 1 fully saturated rings. The van der Waals surface area contributed by atoms with Crippen molar-refractivity contribution >= 4 is 41.3 Å². The lowest BCUT2D eigenvalue weighted by molar-refractivity contribution is -0.386. The largest absolute Gasteiger partial charge is 0.488 e. The lowest BCUT2D eigenvalue weighted by Gasteiger charge is -2.26. The van der Waals surface area contributed by atoms with Crippen LogP contribution in [0.25, 0.3) is 6.08 Å². The molecule has 2 aromatic carbocycles. The first kappa shape index (κ1) is 21.2. The van der Waals surface area contributed by atoms with Gasteiger partial charge in [-0.2, -0.15) is 0 Å². The highest BCUT2D eigenvalue weighted by Gasteiger charge is 2.37. The first-order chi connectivity index (χ1) is 14.7. The fourth-order valence-corrected chi connectivity index (χ4v) is 2.93. The van der Waals surface area contributed by atoms with Crippen molar-refractivity contribution in [2.24, 2.45) is 0 Å². The average molecular weight is 425 g/mol. The van der Waals surface area contributed by atoms with Crippen molar-refractivity contribution in [2.45, 2.75) is 6.92 Å². The number of nitrogens with one attached hydrogen (secondary N) is 1. The number of nitrogens with zero attached hydrogens (tertiary/aromatic N) is 2. The zero-order chi connectivity index (χ0) is 22.7. The van der Waals surface area contributed by atoms with Gasteiger partial charge >= 0.3 is 17.7 Å². The lowest BCUT2D eigenvalue weighted by atomic mass is 10.0. The van der Waals surface area contributed by atoms with Crippen LogP contribution in [0.15, 0.2) is 48.0 Å².